The summed E-state index contributed by atoms with van der Waals surface area (Å²) in [5, 5.41) is 4.29. The van der Waals surface area contributed by atoms with Crippen LogP contribution >= 0.6 is 11.6 Å². The smallest absolute Gasteiger partial charge is 0.160 e. The van der Waals surface area contributed by atoms with Gasteiger partial charge in [-0.3, -0.25) is 0 Å². The molecule has 2 aromatic heterocycles. The molecule has 0 aliphatic heterocycles. The van der Waals surface area contributed by atoms with Crippen LogP contribution in [0.2, 0.25) is 5.02 Å². The summed E-state index contributed by atoms with van der Waals surface area (Å²) in [7, 11) is 0. The number of benzene rings is 1. The molecule has 3 nitrogen and oxygen atoms in total. The Morgan fingerprint density at radius 3 is 2.68 bits per heavy atom. The number of hydrogen-bond acceptors (Lipinski definition) is 2. The lowest BCUT2D eigenvalue weighted by atomic mass is 10.1. The van der Waals surface area contributed by atoms with Crippen LogP contribution in [0, 0.1) is 27.7 Å². The molecule has 0 saturated heterocycles. The molecule has 0 fully saturated rings. The van der Waals surface area contributed by atoms with Crippen LogP contribution in [0.5, 0.6) is 0 Å². The second-order valence-electron chi connectivity index (χ2n) is 5.79. The van der Waals surface area contributed by atoms with Crippen molar-refractivity contribution in [1.82, 2.24) is 9.38 Å². The van der Waals surface area contributed by atoms with Crippen molar-refractivity contribution in [1.29, 1.82) is 0 Å². The average Bonchev–Trinajstić information content (AvgIpc) is 2.74. The Kier molecular flexibility index (Phi) is 3.83. The lowest BCUT2D eigenvalue weighted by molar-refractivity contribution is 1.08. The molecule has 22 heavy (non-hydrogen) atoms. The van der Waals surface area contributed by atoms with Crippen molar-refractivity contribution in [3.8, 4) is 0 Å². The van der Waals surface area contributed by atoms with E-state index < -0.39 is 0 Å². The van der Waals surface area contributed by atoms with Crippen molar-refractivity contribution < 1.29 is 0 Å². The van der Waals surface area contributed by atoms with Crippen molar-refractivity contribution in [2.24, 2.45) is 0 Å². The first-order chi connectivity index (χ1) is 10.5. The predicted octanol–water partition coefficient (Wildman–Crippen LogP) is 4.83. The number of aryl methyl sites for hydroxylation is 4. The lowest BCUT2D eigenvalue weighted by Gasteiger charge is -2.12. The summed E-state index contributed by atoms with van der Waals surface area (Å²) in [6.07, 6.45) is 2.04. The monoisotopic (exact) mass is 313 g/mol. The SMILES string of the molecule is Cc1cc(C)c(CNc2cccn3c(C)c(C)nc23)c(Cl)c1. The van der Waals surface area contributed by atoms with E-state index in [1.54, 1.807) is 0 Å². The zero-order chi connectivity index (χ0) is 15.9. The van der Waals surface area contributed by atoms with Gasteiger partial charge in [-0.05, 0) is 62.6 Å². The standard InChI is InChI=1S/C18H20ClN3/c1-11-8-12(2)15(16(19)9-11)10-20-17-6-5-7-22-14(4)13(3)21-18(17)22/h5-9,20H,10H2,1-4H3. The molecule has 0 saturated carbocycles. The fourth-order valence-corrected chi connectivity index (χ4v) is 3.18. The van der Waals surface area contributed by atoms with Crippen molar-refractivity contribution in [2.75, 3.05) is 5.32 Å². The first-order valence-electron chi connectivity index (χ1n) is 7.41. The summed E-state index contributed by atoms with van der Waals surface area (Å²) < 4.78 is 2.11. The number of nitrogens with zero attached hydrogens (tertiary/aromatic N) is 2. The van der Waals surface area contributed by atoms with Crippen LogP contribution in [0.3, 0.4) is 0 Å². The predicted molar refractivity (Wildman–Crippen MR) is 92.9 cm³/mol. The minimum absolute atomic E-state index is 0.690. The maximum Gasteiger partial charge on any atom is 0.160 e. The van der Waals surface area contributed by atoms with Crippen LogP contribution < -0.4 is 5.32 Å². The molecular formula is C18H20ClN3. The van der Waals surface area contributed by atoms with Gasteiger partial charge in [0.05, 0.1) is 11.4 Å². The number of halogens is 1. The Bertz CT molecular complexity index is 826. The molecule has 0 unspecified atom stereocenters. The summed E-state index contributed by atoms with van der Waals surface area (Å²) in [5.41, 5.74) is 7.73. The Morgan fingerprint density at radius 1 is 1.18 bits per heavy atom. The van der Waals surface area contributed by atoms with Crippen LogP contribution in [-0.4, -0.2) is 9.38 Å². The van der Waals surface area contributed by atoms with Gasteiger partial charge in [-0.1, -0.05) is 17.7 Å². The van der Waals surface area contributed by atoms with Gasteiger partial charge in [0.15, 0.2) is 5.65 Å². The fourth-order valence-electron chi connectivity index (χ4n) is 2.79. The van der Waals surface area contributed by atoms with Crippen LogP contribution in [0.25, 0.3) is 5.65 Å². The summed E-state index contributed by atoms with van der Waals surface area (Å²) in [4.78, 5) is 4.65. The molecule has 4 heteroatoms. The maximum absolute atomic E-state index is 6.39. The minimum atomic E-state index is 0.690. The average molecular weight is 314 g/mol. The van der Waals surface area contributed by atoms with Crippen LogP contribution in [0.15, 0.2) is 30.5 Å². The van der Waals surface area contributed by atoms with E-state index in [1.807, 2.05) is 25.3 Å². The number of nitrogens with one attached hydrogen (secondary N) is 1. The molecular weight excluding hydrogens is 294 g/mol. The number of hydrogen-bond donors (Lipinski definition) is 1. The molecule has 114 valence electrons. The number of anilines is 1. The van der Waals surface area contributed by atoms with Crippen LogP contribution in [0.4, 0.5) is 5.69 Å². The van der Waals surface area contributed by atoms with E-state index in [1.165, 1.54) is 16.8 Å². The Labute approximate surface area is 136 Å². The summed E-state index contributed by atoms with van der Waals surface area (Å²) in [5.74, 6) is 0. The molecule has 1 N–H and O–H groups in total. The van der Waals surface area contributed by atoms with E-state index in [9.17, 15) is 0 Å². The zero-order valence-corrected chi connectivity index (χ0v) is 14.1. The van der Waals surface area contributed by atoms with Gasteiger partial charge in [-0.15, -0.1) is 0 Å². The molecule has 0 radical (unpaired) electrons. The number of pyridine rings is 1. The second kappa shape index (κ2) is 5.65. The lowest BCUT2D eigenvalue weighted by Crippen LogP contribution is -2.04. The number of aromatic nitrogens is 2. The first-order valence-corrected chi connectivity index (χ1v) is 7.79. The highest BCUT2D eigenvalue weighted by Crippen LogP contribution is 2.25. The van der Waals surface area contributed by atoms with Gasteiger partial charge in [0.25, 0.3) is 0 Å². The highest BCUT2D eigenvalue weighted by molar-refractivity contribution is 6.31. The van der Waals surface area contributed by atoms with E-state index in [4.69, 9.17) is 11.6 Å². The largest absolute Gasteiger partial charge is 0.378 e. The zero-order valence-electron chi connectivity index (χ0n) is 13.4. The molecule has 0 amide bonds. The second-order valence-corrected chi connectivity index (χ2v) is 6.20. The van der Waals surface area contributed by atoms with E-state index in [-0.39, 0.29) is 0 Å². The van der Waals surface area contributed by atoms with Gasteiger partial charge < -0.3 is 9.72 Å². The van der Waals surface area contributed by atoms with Gasteiger partial charge in [-0.2, -0.15) is 0 Å². The molecule has 0 spiro atoms. The molecule has 1 aromatic carbocycles. The van der Waals surface area contributed by atoms with Crippen molar-refractivity contribution in [3.05, 3.63) is 63.6 Å². The third-order valence-electron chi connectivity index (χ3n) is 4.14. The molecule has 2 heterocycles. The Hall–Kier alpha value is -2.00. The van der Waals surface area contributed by atoms with E-state index in [0.29, 0.717) is 6.54 Å². The molecule has 3 rings (SSSR count). The van der Waals surface area contributed by atoms with Crippen LogP contribution in [-0.2, 0) is 6.54 Å². The molecule has 0 bridgehead atoms. The molecule has 3 aromatic rings. The minimum Gasteiger partial charge on any atom is -0.378 e. The highest BCUT2D eigenvalue weighted by Gasteiger charge is 2.10. The summed E-state index contributed by atoms with van der Waals surface area (Å²) in [6, 6.07) is 8.26. The van der Waals surface area contributed by atoms with Crippen molar-refractivity contribution in [2.45, 2.75) is 34.2 Å². The molecule has 0 atom stereocenters. The molecule has 0 aliphatic carbocycles. The summed E-state index contributed by atoms with van der Waals surface area (Å²) in [6.45, 7) is 8.97. The van der Waals surface area contributed by atoms with E-state index in [2.05, 4.69) is 47.6 Å². The normalized spacial score (nSPS) is 11.1. The van der Waals surface area contributed by atoms with Crippen molar-refractivity contribution >= 4 is 22.9 Å². The van der Waals surface area contributed by atoms with Gasteiger partial charge in [0.1, 0.15) is 0 Å². The number of rotatable bonds is 3. The van der Waals surface area contributed by atoms with Gasteiger partial charge in [0.2, 0.25) is 0 Å². The third kappa shape index (κ3) is 2.57. The van der Waals surface area contributed by atoms with E-state index >= 15 is 0 Å². The topological polar surface area (TPSA) is 29.3 Å². The quantitative estimate of drug-likeness (QED) is 0.750. The maximum atomic E-state index is 6.39. The number of imidazole rings is 1. The number of fused-ring (bicyclic) bond motifs is 1. The third-order valence-corrected chi connectivity index (χ3v) is 4.48. The Morgan fingerprint density at radius 2 is 1.95 bits per heavy atom. The van der Waals surface area contributed by atoms with Gasteiger partial charge in [-0.25, -0.2) is 4.98 Å². The first kappa shape index (κ1) is 14.9. The molecule has 0 aliphatic rings. The Balaban J connectivity index is 1.94. The van der Waals surface area contributed by atoms with Crippen LogP contribution in [0.1, 0.15) is 28.1 Å². The van der Waals surface area contributed by atoms with E-state index in [0.717, 1.165) is 27.6 Å². The van der Waals surface area contributed by atoms with Crippen molar-refractivity contribution in [3.63, 3.8) is 0 Å². The summed E-state index contributed by atoms with van der Waals surface area (Å²) >= 11 is 6.39. The van der Waals surface area contributed by atoms with Gasteiger partial charge in [0, 0.05) is 23.5 Å². The fraction of sp³-hybridized carbons (Fsp3) is 0.278. The highest BCUT2D eigenvalue weighted by atomic mass is 35.5. The van der Waals surface area contributed by atoms with Gasteiger partial charge >= 0.3 is 0 Å².